The maximum Gasteiger partial charge on any atom is 0.146 e. The summed E-state index contributed by atoms with van der Waals surface area (Å²) in [7, 11) is 0. The highest BCUT2D eigenvalue weighted by Gasteiger charge is 2.44. The molecule has 1 fully saturated rings. The average molecular weight is 248 g/mol. The Hall–Kier alpha value is -0.920. The van der Waals surface area contributed by atoms with E-state index in [-0.39, 0.29) is 11.2 Å². The van der Waals surface area contributed by atoms with Crippen LogP contribution in [0.1, 0.15) is 59.8 Å². The van der Waals surface area contributed by atoms with Crippen LogP contribution in [0.25, 0.3) is 0 Å². The lowest BCUT2D eigenvalue weighted by Crippen LogP contribution is -2.40. The number of allylic oxidation sites excluding steroid dienone is 2. The van der Waals surface area contributed by atoms with Gasteiger partial charge in [-0.15, -0.1) is 0 Å². The summed E-state index contributed by atoms with van der Waals surface area (Å²) in [6.07, 6.45) is 5.23. The minimum Gasteiger partial charge on any atom is -0.302 e. The maximum atomic E-state index is 12.3. The minimum absolute atomic E-state index is 0.127. The van der Waals surface area contributed by atoms with Crippen LogP contribution in [0.3, 0.4) is 0 Å². The second-order valence-corrected chi connectivity index (χ2v) is 6.88. The smallest absolute Gasteiger partial charge is 0.146 e. The maximum absolute atomic E-state index is 12.3. The highest BCUT2D eigenvalue weighted by Crippen LogP contribution is 2.51. The van der Waals surface area contributed by atoms with Crippen molar-refractivity contribution in [1.82, 2.24) is 0 Å². The van der Waals surface area contributed by atoms with Crippen molar-refractivity contribution < 1.29 is 9.59 Å². The van der Waals surface area contributed by atoms with Crippen LogP contribution >= 0.6 is 0 Å². The van der Waals surface area contributed by atoms with E-state index in [9.17, 15) is 9.59 Å². The Balaban J connectivity index is 2.42. The molecule has 1 saturated carbocycles. The Morgan fingerprint density at radius 3 is 2.50 bits per heavy atom. The predicted octanol–water partition coefficient (Wildman–Crippen LogP) is 3.70. The molecule has 2 nitrogen and oxygen atoms in total. The van der Waals surface area contributed by atoms with Gasteiger partial charge in [-0.2, -0.15) is 0 Å². The van der Waals surface area contributed by atoms with Crippen molar-refractivity contribution in [2.24, 2.45) is 16.7 Å². The molecule has 2 atom stereocenters. The SMILES string of the molecule is CC1=C2CC[C@](C)(C=O)C(=O)C[C@@H](CC1)C2(C)C. The van der Waals surface area contributed by atoms with Crippen molar-refractivity contribution in [2.45, 2.75) is 59.8 Å². The van der Waals surface area contributed by atoms with E-state index in [2.05, 4.69) is 20.8 Å². The second kappa shape index (κ2) is 4.32. The second-order valence-electron chi connectivity index (χ2n) is 6.88. The van der Waals surface area contributed by atoms with E-state index in [1.807, 2.05) is 6.92 Å². The summed E-state index contributed by atoms with van der Waals surface area (Å²) in [6, 6.07) is 0. The molecule has 100 valence electrons. The highest BCUT2D eigenvalue weighted by atomic mass is 16.1. The molecular formula is C16H24O2. The van der Waals surface area contributed by atoms with Gasteiger partial charge in [-0.25, -0.2) is 0 Å². The molecule has 0 N–H and O–H groups in total. The van der Waals surface area contributed by atoms with Crippen LogP contribution in [0.15, 0.2) is 11.1 Å². The molecular weight excluding hydrogens is 224 g/mol. The molecule has 18 heavy (non-hydrogen) atoms. The molecule has 0 heterocycles. The average Bonchev–Trinajstić information content (AvgIpc) is 2.31. The normalized spacial score (nSPS) is 36.0. The summed E-state index contributed by atoms with van der Waals surface area (Å²) < 4.78 is 0. The Morgan fingerprint density at radius 2 is 1.89 bits per heavy atom. The fourth-order valence-electron chi connectivity index (χ4n) is 3.70. The van der Waals surface area contributed by atoms with Gasteiger partial charge in [0.2, 0.25) is 0 Å². The van der Waals surface area contributed by atoms with E-state index in [1.54, 1.807) is 0 Å². The van der Waals surface area contributed by atoms with Crippen LogP contribution in [0.5, 0.6) is 0 Å². The fraction of sp³-hybridized carbons (Fsp3) is 0.750. The number of aldehydes is 1. The van der Waals surface area contributed by atoms with Crippen molar-refractivity contribution in [3.8, 4) is 0 Å². The van der Waals surface area contributed by atoms with E-state index in [1.165, 1.54) is 11.1 Å². The molecule has 0 aromatic carbocycles. The lowest BCUT2D eigenvalue weighted by Gasteiger charge is -2.45. The van der Waals surface area contributed by atoms with Gasteiger partial charge in [-0.3, -0.25) is 4.79 Å². The van der Waals surface area contributed by atoms with Gasteiger partial charge >= 0.3 is 0 Å². The van der Waals surface area contributed by atoms with Gasteiger partial charge in [0.1, 0.15) is 12.1 Å². The van der Waals surface area contributed by atoms with Crippen molar-refractivity contribution in [1.29, 1.82) is 0 Å². The summed E-state index contributed by atoms with van der Waals surface area (Å²) in [5.41, 5.74) is 2.36. The summed E-state index contributed by atoms with van der Waals surface area (Å²) >= 11 is 0. The van der Waals surface area contributed by atoms with Crippen molar-refractivity contribution in [2.75, 3.05) is 0 Å². The molecule has 0 saturated heterocycles. The van der Waals surface area contributed by atoms with Crippen LogP contribution in [-0.4, -0.2) is 12.1 Å². The van der Waals surface area contributed by atoms with E-state index >= 15 is 0 Å². The Bertz CT molecular complexity index is 417. The monoisotopic (exact) mass is 248 g/mol. The quantitative estimate of drug-likeness (QED) is 0.403. The number of hydrogen-bond donors (Lipinski definition) is 0. The molecule has 0 aromatic heterocycles. The molecule has 2 aliphatic carbocycles. The highest BCUT2D eigenvalue weighted by molar-refractivity contribution is 5.98. The third-order valence-corrected chi connectivity index (χ3v) is 5.40. The van der Waals surface area contributed by atoms with Crippen LogP contribution in [0, 0.1) is 16.7 Å². The molecule has 0 aromatic rings. The summed E-state index contributed by atoms with van der Waals surface area (Å²) in [5.74, 6) is 0.553. The number of ketones is 1. The third kappa shape index (κ3) is 1.96. The van der Waals surface area contributed by atoms with Crippen LogP contribution in [0.2, 0.25) is 0 Å². The van der Waals surface area contributed by atoms with Gasteiger partial charge in [-0.1, -0.05) is 25.0 Å². The molecule has 2 rings (SSSR count). The zero-order chi connectivity index (χ0) is 13.6. The number of hydrogen-bond acceptors (Lipinski definition) is 2. The zero-order valence-electron chi connectivity index (χ0n) is 12.0. The summed E-state index contributed by atoms with van der Waals surface area (Å²) in [4.78, 5) is 23.6. The lowest BCUT2D eigenvalue weighted by atomic mass is 9.59. The molecule has 0 amide bonds. The largest absolute Gasteiger partial charge is 0.302 e. The van der Waals surface area contributed by atoms with Crippen molar-refractivity contribution >= 4 is 12.1 Å². The molecule has 2 aliphatic rings. The van der Waals surface area contributed by atoms with E-state index in [0.717, 1.165) is 25.5 Å². The number of carbonyl (C=O) groups excluding carboxylic acids is 2. The Kier molecular flexibility index (Phi) is 3.25. The van der Waals surface area contributed by atoms with E-state index in [4.69, 9.17) is 0 Å². The van der Waals surface area contributed by atoms with Crippen LogP contribution in [-0.2, 0) is 9.59 Å². The molecule has 0 unspecified atom stereocenters. The number of carbonyl (C=O) groups is 2. The zero-order valence-corrected chi connectivity index (χ0v) is 12.0. The van der Waals surface area contributed by atoms with Crippen LogP contribution < -0.4 is 0 Å². The third-order valence-electron chi connectivity index (χ3n) is 5.40. The molecule has 0 radical (unpaired) electrons. The van der Waals surface area contributed by atoms with Gasteiger partial charge < -0.3 is 4.79 Å². The molecule has 2 heteroatoms. The van der Waals surface area contributed by atoms with E-state index in [0.29, 0.717) is 18.8 Å². The Morgan fingerprint density at radius 1 is 1.22 bits per heavy atom. The number of rotatable bonds is 1. The van der Waals surface area contributed by atoms with Crippen molar-refractivity contribution in [3.63, 3.8) is 0 Å². The number of fused-ring (bicyclic) bond motifs is 2. The topological polar surface area (TPSA) is 34.1 Å². The standard InChI is InChI=1S/C16H24O2/c1-11-5-6-12-9-14(18)16(4,10-17)8-7-13(11)15(12,2)3/h10,12H,5-9H2,1-4H3/t12-,16-/m1/s1. The van der Waals surface area contributed by atoms with E-state index < -0.39 is 5.41 Å². The minimum atomic E-state index is -0.752. The molecule has 0 aliphatic heterocycles. The first-order chi connectivity index (χ1) is 8.31. The summed E-state index contributed by atoms with van der Waals surface area (Å²) in [5, 5.41) is 0. The summed E-state index contributed by atoms with van der Waals surface area (Å²) in [6.45, 7) is 8.57. The first-order valence-corrected chi connectivity index (χ1v) is 7.00. The lowest BCUT2D eigenvalue weighted by molar-refractivity contribution is -0.136. The molecule has 2 bridgehead atoms. The van der Waals surface area contributed by atoms with Gasteiger partial charge in [0.05, 0.1) is 5.41 Å². The first-order valence-electron chi connectivity index (χ1n) is 7.00. The first kappa shape index (κ1) is 13.5. The molecule has 0 spiro atoms. The van der Waals surface area contributed by atoms with Gasteiger partial charge in [-0.05, 0) is 50.9 Å². The van der Waals surface area contributed by atoms with Gasteiger partial charge in [0.15, 0.2) is 0 Å². The van der Waals surface area contributed by atoms with Crippen molar-refractivity contribution in [3.05, 3.63) is 11.1 Å². The predicted molar refractivity (Wildman–Crippen MR) is 72.2 cm³/mol. The fourth-order valence-corrected chi connectivity index (χ4v) is 3.70. The Labute approximate surface area is 110 Å². The van der Waals surface area contributed by atoms with Gasteiger partial charge in [0.25, 0.3) is 0 Å². The van der Waals surface area contributed by atoms with Crippen LogP contribution in [0.4, 0.5) is 0 Å². The number of Topliss-reactive ketones (excluding diaryl/α,β-unsaturated/α-hetero) is 1. The van der Waals surface area contributed by atoms with Gasteiger partial charge in [0, 0.05) is 6.42 Å².